The van der Waals surface area contributed by atoms with E-state index in [0.717, 1.165) is 32.5 Å². The summed E-state index contributed by atoms with van der Waals surface area (Å²) in [5, 5.41) is 3.44. The molecule has 2 aliphatic heterocycles. The molecule has 2 saturated heterocycles. The number of amides is 1. The zero-order valence-electron chi connectivity index (χ0n) is 10.9. The molecule has 2 unspecified atom stereocenters. The summed E-state index contributed by atoms with van der Waals surface area (Å²) in [6, 6.07) is 11.1. The Balaban J connectivity index is 2.00. The van der Waals surface area contributed by atoms with Crippen LogP contribution >= 0.6 is 0 Å². The summed E-state index contributed by atoms with van der Waals surface area (Å²) in [6.45, 7) is 4.57. The van der Waals surface area contributed by atoms with Crippen molar-refractivity contribution in [2.45, 2.75) is 31.2 Å². The molecule has 0 spiro atoms. The van der Waals surface area contributed by atoms with E-state index in [9.17, 15) is 4.79 Å². The number of nitrogens with zero attached hydrogens (tertiary/aromatic N) is 1. The molecule has 2 heterocycles. The van der Waals surface area contributed by atoms with Gasteiger partial charge in [0.05, 0.1) is 6.04 Å². The molecule has 0 radical (unpaired) electrons. The van der Waals surface area contributed by atoms with Crippen LogP contribution in [0.25, 0.3) is 0 Å². The lowest BCUT2D eigenvalue weighted by Gasteiger charge is -2.42. The van der Waals surface area contributed by atoms with Crippen LogP contribution in [0.4, 0.5) is 0 Å². The number of hydrogen-bond donors (Lipinski definition) is 1. The van der Waals surface area contributed by atoms with Crippen LogP contribution in [-0.2, 0) is 10.2 Å². The first-order valence-electron chi connectivity index (χ1n) is 6.77. The highest BCUT2D eigenvalue weighted by Gasteiger charge is 2.50. The maximum Gasteiger partial charge on any atom is 0.219 e. The molecule has 2 aliphatic rings. The SMILES string of the molecule is CC(=O)N1CCC2(c3ccccc3)CCNCC12. The molecule has 2 fully saturated rings. The van der Waals surface area contributed by atoms with Crippen molar-refractivity contribution in [1.82, 2.24) is 10.2 Å². The summed E-state index contributed by atoms with van der Waals surface area (Å²) in [5.74, 6) is 0.210. The van der Waals surface area contributed by atoms with E-state index in [4.69, 9.17) is 0 Å². The number of fused-ring (bicyclic) bond motifs is 1. The molecule has 18 heavy (non-hydrogen) atoms. The maximum atomic E-state index is 11.8. The summed E-state index contributed by atoms with van der Waals surface area (Å²) < 4.78 is 0. The van der Waals surface area contributed by atoms with Gasteiger partial charge in [0.15, 0.2) is 0 Å². The Morgan fingerprint density at radius 1 is 1.33 bits per heavy atom. The summed E-state index contributed by atoms with van der Waals surface area (Å²) >= 11 is 0. The standard InChI is InChI=1S/C15H20N2O/c1-12(18)17-10-8-15(7-9-16-11-14(15)17)13-5-3-2-4-6-13/h2-6,14,16H,7-11H2,1H3. The lowest BCUT2D eigenvalue weighted by molar-refractivity contribution is -0.130. The first-order chi connectivity index (χ1) is 8.74. The van der Waals surface area contributed by atoms with Gasteiger partial charge in [-0.2, -0.15) is 0 Å². The van der Waals surface area contributed by atoms with Crippen molar-refractivity contribution < 1.29 is 4.79 Å². The minimum Gasteiger partial charge on any atom is -0.338 e. The molecule has 3 nitrogen and oxygen atoms in total. The van der Waals surface area contributed by atoms with Gasteiger partial charge in [0.1, 0.15) is 0 Å². The highest BCUT2D eigenvalue weighted by molar-refractivity contribution is 5.74. The van der Waals surface area contributed by atoms with Gasteiger partial charge in [0.2, 0.25) is 5.91 Å². The lowest BCUT2D eigenvalue weighted by Crippen LogP contribution is -2.55. The van der Waals surface area contributed by atoms with E-state index in [1.54, 1.807) is 6.92 Å². The number of piperidine rings is 1. The van der Waals surface area contributed by atoms with Crippen LogP contribution in [0.3, 0.4) is 0 Å². The van der Waals surface area contributed by atoms with Crippen LogP contribution in [0.5, 0.6) is 0 Å². The van der Waals surface area contributed by atoms with Gasteiger partial charge < -0.3 is 10.2 Å². The zero-order chi connectivity index (χ0) is 12.6. The molecule has 96 valence electrons. The van der Waals surface area contributed by atoms with Crippen LogP contribution in [-0.4, -0.2) is 36.5 Å². The third-order valence-corrected chi connectivity index (χ3v) is 4.65. The molecule has 3 heteroatoms. The van der Waals surface area contributed by atoms with Crippen molar-refractivity contribution in [2.75, 3.05) is 19.6 Å². The topological polar surface area (TPSA) is 32.3 Å². The predicted molar refractivity (Wildman–Crippen MR) is 71.4 cm³/mol. The Morgan fingerprint density at radius 3 is 2.83 bits per heavy atom. The molecule has 1 aromatic rings. The number of rotatable bonds is 1. The van der Waals surface area contributed by atoms with E-state index in [0.29, 0.717) is 6.04 Å². The first-order valence-corrected chi connectivity index (χ1v) is 6.77. The number of hydrogen-bond acceptors (Lipinski definition) is 2. The molecular formula is C15H20N2O. The van der Waals surface area contributed by atoms with Crippen molar-refractivity contribution in [3.63, 3.8) is 0 Å². The minimum atomic E-state index is 0.179. The van der Waals surface area contributed by atoms with E-state index < -0.39 is 0 Å². The second-order valence-corrected chi connectivity index (χ2v) is 5.45. The van der Waals surface area contributed by atoms with E-state index in [1.807, 2.05) is 0 Å². The van der Waals surface area contributed by atoms with Crippen LogP contribution in [0.15, 0.2) is 30.3 Å². The van der Waals surface area contributed by atoms with Gasteiger partial charge in [-0.15, -0.1) is 0 Å². The highest BCUT2D eigenvalue weighted by Crippen LogP contribution is 2.44. The second kappa shape index (κ2) is 4.39. The molecule has 0 aromatic heterocycles. The van der Waals surface area contributed by atoms with Gasteiger partial charge in [-0.25, -0.2) is 0 Å². The Morgan fingerprint density at radius 2 is 2.11 bits per heavy atom. The summed E-state index contributed by atoms with van der Waals surface area (Å²) in [7, 11) is 0. The van der Waals surface area contributed by atoms with Gasteiger partial charge in [0.25, 0.3) is 0 Å². The Hall–Kier alpha value is -1.35. The van der Waals surface area contributed by atoms with E-state index in [2.05, 4.69) is 40.5 Å². The molecule has 2 atom stereocenters. The van der Waals surface area contributed by atoms with Crippen molar-refractivity contribution in [2.24, 2.45) is 0 Å². The number of carbonyl (C=O) groups excluding carboxylic acids is 1. The van der Waals surface area contributed by atoms with Crippen LogP contribution < -0.4 is 5.32 Å². The lowest BCUT2D eigenvalue weighted by atomic mass is 9.70. The molecule has 0 aliphatic carbocycles. The summed E-state index contributed by atoms with van der Waals surface area (Å²) in [4.78, 5) is 13.8. The minimum absolute atomic E-state index is 0.179. The smallest absolute Gasteiger partial charge is 0.219 e. The molecule has 3 rings (SSSR count). The summed E-state index contributed by atoms with van der Waals surface area (Å²) in [6.07, 6.45) is 2.23. The highest BCUT2D eigenvalue weighted by atomic mass is 16.2. The third-order valence-electron chi connectivity index (χ3n) is 4.65. The number of carbonyl (C=O) groups is 1. The fourth-order valence-corrected chi connectivity index (χ4v) is 3.72. The summed E-state index contributed by atoms with van der Waals surface area (Å²) in [5.41, 5.74) is 1.58. The average molecular weight is 244 g/mol. The molecule has 1 amide bonds. The van der Waals surface area contributed by atoms with Gasteiger partial charge in [-0.05, 0) is 24.9 Å². The van der Waals surface area contributed by atoms with E-state index in [1.165, 1.54) is 5.56 Å². The third kappa shape index (κ3) is 1.65. The predicted octanol–water partition coefficient (Wildman–Crippen LogP) is 1.54. The molecule has 0 saturated carbocycles. The van der Waals surface area contributed by atoms with Crippen molar-refractivity contribution >= 4 is 5.91 Å². The number of likely N-dealkylation sites (tertiary alicyclic amines) is 1. The fraction of sp³-hybridized carbons (Fsp3) is 0.533. The molecule has 1 aromatic carbocycles. The Kier molecular flexibility index (Phi) is 2.86. The van der Waals surface area contributed by atoms with Gasteiger partial charge >= 0.3 is 0 Å². The molecule has 1 N–H and O–H groups in total. The average Bonchev–Trinajstić information content (AvgIpc) is 2.80. The van der Waals surface area contributed by atoms with E-state index >= 15 is 0 Å². The van der Waals surface area contributed by atoms with Gasteiger partial charge in [0, 0.05) is 25.4 Å². The van der Waals surface area contributed by atoms with Crippen molar-refractivity contribution in [3.8, 4) is 0 Å². The normalized spacial score (nSPS) is 31.2. The first kappa shape index (κ1) is 11.7. The van der Waals surface area contributed by atoms with Gasteiger partial charge in [-0.3, -0.25) is 4.79 Å². The van der Waals surface area contributed by atoms with E-state index in [-0.39, 0.29) is 11.3 Å². The quantitative estimate of drug-likeness (QED) is 0.812. The Bertz CT molecular complexity index is 445. The van der Waals surface area contributed by atoms with Crippen LogP contribution in [0, 0.1) is 0 Å². The second-order valence-electron chi connectivity index (χ2n) is 5.45. The Labute approximate surface area is 108 Å². The number of benzene rings is 1. The van der Waals surface area contributed by atoms with Crippen LogP contribution in [0.2, 0.25) is 0 Å². The van der Waals surface area contributed by atoms with Gasteiger partial charge in [-0.1, -0.05) is 30.3 Å². The maximum absolute atomic E-state index is 11.8. The van der Waals surface area contributed by atoms with Crippen LogP contribution in [0.1, 0.15) is 25.3 Å². The van der Waals surface area contributed by atoms with Crippen molar-refractivity contribution in [3.05, 3.63) is 35.9 Å². The fourth-order valence-electron chi connectivity index (χ4n) is 3.72. The molecular weight excluding hydrogens is 224 g/mol. The van der Waals surface area contributed by atoms with Crippen molar-refractivity contribution in [1.29, 1.82) is 0 Å². The zero-order valence-corrected chi connectivity index (χ0v) is 10.9. The monoisotopic (exact) mass is 244 g/mol. The number of nitrogens with one attached hydrogen (secondary N) is 1. The largest absolute Gasteiger partial charge is 0.338 e. The molecule has 0 bridgehead atoms.